The number of nitrogens with one attached hydrogen (secondary N) is 1. The Hall–Kier alpha value is -2.01. The van der Waals surface area contributed by atoms with Crippen LogP contribution in [0.2, 0.25) is 0 Å². The summed E-state index contributed by atoms with van der Waals surface area (Å²) in [5.41, 5.74) is 3.15. The molecule has 0 spiro atoms. The fraction of sp³-hybridized carbons (Fsp3) is 0.609. The van der Waals surface area contributed by atoms with Gasteiger partial charge in [0.25, 0.3) is 0 Å². The number of pyridine rings is 1. The number of rotatable bonds is 8. The molecule has 0 unspecified atom stereocenters. The van der Waals surface area contributed by atoms with Gasteiger partial charge in [-0.25, -0.2) is 0 Å². The van der Waals surface area contributed by atoms with Crippen LogP contribution in [0.15, 0.2) is 18.2 Å². The smallest absolute Gasteiger partial charge is 0.163 e. The molecule has 5 heteroatoms. The van der Waals surface area contributed by atoms with Gasteiger partial charge in [-0.1, -0.05) is 12.8 Å². The van der Waals surface area contributed by atoms with Crippen LogP contribution in [0.1, 0.15) is 50.6 Å². The summed E-state index contributed by atoms with van der Waals surface area (Å²) in [5.74, 6) is 1.58. The van der Waals surface area contributed by atoms with E-state index in [1.165, 1.54) is 51.6 Å². The van der Waals surface area contributed by atoms with Crippen LogP contribution < -0.4 is 14.8 Å². The Morgan fingerprint density at radius 2 is 1.86 bits per heavy atom. The topological polar surface area (TPSA) is 46.6 Å². The number of aryl methyl sites for hydroxylation is 1. The monoisotopic (exact) mass is 383 g/mol. The van der Waals surface area contributed by atoms with Gasteiger partial charge in [0.2, 0.25) is 0 Å². The van der Waals surface area contributed by atoms with E-state index in [0.29, 0.717) is 12.6 Å². The van der Waals surface area contributed by atoms with Gasteiger partial charge in [-0.15, -0.1) is 0 Å². The summed E-state index contributed by atoms with van der Waals surface area (Å²) >= 11 is 0. The SMILES string of the molecule is COc1cc2c(NC3CCCC3)cc(C)nc2cc1OCCCN1CCCC1. The normalized spacial score (nSPS) is 18.1. The molecule has 5 nitrogen and oxygen atoms in total. The number of benzene rings is 1. The molecule has 1 aromatic heterocycles. The van der Waals surface area contributed by atoms with E-state index in [4.69, 9.17) is 14.5 Å². The van der Waals surface area contributed by atoms with Gasteiger partial charge in [-0.05, 0) is 64.3 Å². The molecule has 1 saturated heterocycles. The van der Waals surface area contributed by atoms with Crippen molar-refractivity contribution in [1.29, 1.82) is 0 Å². The molecule has 2 aromatic rings. The van der Waals surface area contributed by atoms with Crippen LogP contribution in [0.3, 0.4) is 0 Å². The first-order valence-electron chi connectivity index (χ1n) is 10.8. The number of likely N-dealkylation sites (tertiary alicyclic amines) is 1. The molecule has 0 amide bonds. The van der Waals surface area contributed by atoms with E-state index < -0.39 is 0 Å². The molecule has 1 aliphatic heterocycles. The van der Waals surface area contributed by atoms with Crippen LogP contribution in [0.25, 0.3) is 10.9 Å². The van der Waals surface area contributed by atoms with Gasteiger partial charge in [0.05, 0.1) is 19.2 Å². The Morgan fingerprint density at radius 3 is 2.61 bits per heavy atom. The number of hydrogen-bond acceptors (Lipinski definition) is 5. The van der Waals surface area contributed by atoms with Crippen LogP contribution in [0, 0.1) is 6.92 Å². The van der Waals surface area contributed by atoms with Gasteiger partial charge in [-0.2, -0.15) is 0 Å². The molecule has 0 atom stereocenters. The summed E-state index contributed by atoms with van der Waals surface area (Å²) in [6, 6.07) is 6.83. The van der Waals surface area contributed by atoms with Crippen molar-refractivity contribution >= 4 is 16.6 Å². The summed E-state index contributed by atoms with van der Waals surface area (Å²) in [6.07, 6.45) is 8.84. The number of hydrogen-bond donors (Lipinski definition) is 1. The molecule has 1 saturated carbocycles. The minimum absolute atomic E-state index is 0.567. The van der Waals surface area contributed by atoms with E-state index in [9.17, 15) is 0 Å². The van der Waals surface area contributed by atoms with Crippen molar-refractivity contribution in [1.82, 2.24) is 9.88 Å². The average molecular weight is 384 g/mol. The molecule has 0 bridgehead atoms. The summed E-state index contributed by atoms with van der Waals surface area (Å²) < 4.78 is 11.7. The van der Waals surface area contributed by atoms with E-state index in [-0.39, 0.29) is 0 Å². The van der Waals surface area contributed by atoms with Crippen LogP contribution in [0.4, 0.5) is 5.69 Å². The van der Waals surface area contributed by atoms with Crippen molar-refractivity contribution in [3.63, 3.8) is 0 Å². The van der Waals surface area contributed by atoms with E-state index in [2.05, 4.69) is 29.3 Å². The third kappa shape index (κ3) is 4.52. The largest absolute Gasteiger partial charge is 0.493 e. The van der Waals surface area contributed by atoms with Gasteiger partial charge in [-0.3, -0.25) is 4.98 Å². The predicted octanol–water partition coefficient (Wildman–Crippen LogP) is 4.77. The molecule has 2 heterocycles. The zero-order valence-corrected chi connectivity index (χ0v) is 17.3. The lowest BCUT2D eigenvalue weighted by Crippen LogP contribution is -2.21. The van der Waals surface area contributed by atoms with E-state index in [1.807, 2.05) is 6.07 Å². The third-order valence-corrected chi connectivity index (χ3v) is 6.01. The van der Waals surface area contributed by atoms with Crippen molar-refractivity contribution in [3.8, 4) is 11.5 Å². The van der Waals surface area contributed by atoms with E-state index in [0.717, 1.165) is 46.7 Å². The minimum atomic E-state index is 0.567. The molecule has 2 aliphatic rings. The maximum atomic E-state index is 6.10. The van der Waals surface area contributed by atoms with Crippen LogP contribution in [-0.4, -0.2) is 49.3 Å². The summed E-state index contributed by atoms with van der Waals surface area (Å²) in [5, 5.41) is 4.85. The quantitative estimate of drug-likeness (QED) is 0.665. The lowest BCUT2D eigenvalue weighted by atomic mass is 10.1. The second kappa shape index (κ2) is 8.99. The van der Waals surface area contributed by atoms with Crippen molar-refractivity contribution in [2.45, 2.75) is 57.9 Å². The molecular formula is C23H33N3O2. The molecule has 2 fully saturated rings. The highest BCUT2D eigenvalue weighted by Crippen LogP contribution is 2.36. The highest BCUT2D eigenvalue weighted by molar-refractivity contribution is 5.94. The van der Waals surface area contributed by atoms with Crippen molar-refractivity contribution in [2.24, 2.45) is 0 Å². The van der Waals surface area contributed by atoms with Gasteiger partial charge in [0, 0.05) is 35.4 Å². The fourth-order valence-corrected chi connectivity index (χ4v) is 4.52. The molecule has 28 heavy (non-hydrogen) atoms. The summed E-state index contributed by atoms with van der Waals surface area (Å²) in [6.45, 7) is 6.35. The summed E-state index contributed by atoms with van der Waals surface area (Å²) in [4.78, 5) is 7.28. The second-order valence-electron chi connectivity index (χ2n) is 8.21. The first-order chi connectivity index (χ1) is 13.7. The van der Waals surface area contributed by atoms with Crippen LogP contribution in [0.5, 0.6) is 11.5 Å². The van der Waals surface area contributed by atoms with E-state index in [1.54, 1.807) is 7.11 Å². The molecule has 1 N–H and O–H groups in total. The first-order valence-corrected chi connectivity index (χ1v) is 10.8. The number of nitrogens with zero attached hydrogens (tertiary/aromatic N) is 2. The lowest BCUT2D eigenvalue weighted by molar-refractivity contribution is 0.254. The van der Waals surface area contributed by atoms with Gasteiger partial charge >= 0.3 is 0 Å². The average Bonchev–Trinajstić information content (AvgIpc) is 3.38. The first kappa shape index (κ1) is 19.3. The molecule has 0 radical (unpaired) electrons. The highest BCUT2D eigenvalue weighted by atomic mass is 16.5. The zero-order valence-electron chi connectivity index (χ0n) is 17.3. The van der Waals surface area contributed by atoms with Crippen LogP contribution in [-0.2, 0) is 0 Å². The Kier molecular flexibility index (Phi) is 6.20. The molecule has 152 valence electrons. The number of methoxy groups -OCH3 is 1. The number of ether oxygens (including phenoxy) is 2. The lowest BCUT2D eigenvalue weighted by Gasteiger charge is -2.18. The predicted molar refractivity (Wildman–Crippen MR) is 115 cm³/mol. The second-order valence-corrected chi connectivity index (χ2v) is 8.21. The minimum Gasteiger partial charge on any atom is -0.493 e. The Morgan fingerprint density at radius 1 is 1.07 bits per heavy atom. The highest BCUT2D eigenvalue weighted by Gasteiger charge is 2.18. The number of fused-ring (bicyclic) bond motifs is 1. The third-order valence-electron chi connectivity index (χ3n) is 6.01. The number of anilines is 1. The Bertz CT molecular complexity index is 796. The Balaban J connectivity index is 1.50. The molecular weight excluding hydrogens is 350 g/mol. The molecule has 4 rings (SSSR count). The standard InChI is InChI=1S/C23H33N3O2/c1-17-14-20(25-18-8-3-4-9-18)19-15-22(27-2)23(16-21(19)24-17)28-13-7-12-26-10-5-6-11-26/h14-16,18H,3-13H2,1-2H3,(H,24,25). The maximum Gasteiger partial charge on any atom is 0.163 e. The maximum absolute atomic E-state index is 6.10. The van der Waals surface area contributed by atoms with Gasteiger partial charge < -0.3 is 19.7 Å². The molecule has 1 aromatic carbocycles. The van der Waals surface area contributed by atoms with Gasteiger partial charge in [0.15, 0.2) is 11.5 Å². The summed E-state index contributed by atoms with van der Waals surface area (Å²) in [7, 11) is 1.71. The fourth-order valence-electron chi connectivity index (χ4n) is 4.52. The molecule has 1 aliphatic carbocycles. The number of aromatic nitrogens is 1. The van der Waals surface area contributed by atoms with Crippen molar-refractivity contribution in [3.05, 3.63) is 23.9 Å². The Labute approximate surface area is 168 Å². The van der Waals surface area contributed by atoms with E-state index >= 15 is 0 Å². The van der Waals surface area contributed by atoms with Crippen LogP contribution >= 0.6 is 0 Å². The van der Waals surface area contributed by atoms with Crippen molar-refractivity contribution < 1.29 is 9.47 Å². The van der Waals surface area contributed by atoms with Gasteiger partial charge in [0.1, 0.15) is 0 Å². The zero-order chi connectivity index (χ0) is 19.3. The van der Waals surface area contributed by atoms with Crippen molar-refractivity contribution in [2.75, 3.05) is 38.7 Å².